The summed E-state index contributed by atoms with van der Waals surface area (Å²) < 4.78 is 5.84. The fraction of sp³-hybridized carbons (Fsp3) is 0.278. The Balaban J connectivity index is 1.74. The Labute approximate surface area is 139 Å². The van der Waals surface area contributed by atoms with Gasteiger partial charge in [-0.05, 0) is 24.5 Å². The van der Waals surface area contributed by atoms with E-state index in [0.29, 0.717) is 12.3 Å². The summed E-state index contributed by atoms with van der Waals surface area (Å²) >= 11 is 0. The van der Waals surface area contributed by atoms with Crippen LogP contribution in [0.3, 0.4) is 0 Å². The molecule has 6 nitrogen and oxygen atoms in total. The fourth-order valence-corrected chi connectivity index (χ4v) is 2.91. The second kappa shape index (κ2) is 7.11. The first-order valence-electron chi connectivity index (χ1n) is 7.79. The number of benzene rings is 2. The Morgan fingerprint density at radius 1 is 1.25 bits per heavy atom. The third-order valence-electron chi connectivity index (χ3n) is 4.15. The quantitative estimate of drug-likeness (QED) is 0.683. The average Bonchev–Trinajstić information content (AvgIpc) is 2.63. The summed E-state index contributed by atoms with van der Waals surface area (Å²) in [6.45, 7) is 0.631. The molecule has 2 atom stereocenters. The summed E-state index contributed by atoms with van der Waals surface area (Å²) in [6.07, 6.45) is 1.62. The highest BCUT2D eigenvalue weighted by atomic mass is 16.6. The highest BCUT2D eigenvalue weighted by Crippen LogP contribution is 2.31. The molecule has 0 aromatic heterocycles. The van der Waals surface area contributed by atoms with E-state index in [-0.39, 0.29) is 23.4 Å². The standard InChI is InChI=1S/C18H17N3O3/c19-12-14-10-16(21(22)23)6-7-17(14)20-15-8-9-24-18(11-15)13-4-2-1-3-5-13/h1-7,10,15,18,20H,8-9,11H2/t15-,18+/m0/s1. The SMILES string of the molecule is N#Cc1cc([N+](=O)[O-])ccc1N[C@H]1CCO[C@@H](c2ccccc2)C1. The molecule has 0 saturated carbocycles. The monoisotopic (exact) mass is 323 g/mol. The third kappa shape index (κ3) is 3.53. The van der Waals surface area contributed by atoms with Crippen molar-refractivity contribution in [2.45, 2.75) is 25.0 Å². The van der Waals surface area contributed by atoms with Crippen molar-refractivity contribution in [3.63, 3.8) is 0 Å². The van der Waals surface area contributed by atoms with Crippen LogP contribution in [0.25, 0.3) is 0 Å². The lowest BCUT2D eigenvalue weighted by Gasteiger charge is -2.31. The van der Waals surface area contributed by atoms with E-state index in [1.54, 1.807) is 6.07 Å². The Morgan fingerprint density at radius 3 is 2.75 bits per heavy atom. The molecule has 122 valence electrons. The van der Waals surface area contributed by atoms with E-state index in [0.717, 1.165) is 18.4 Å². The summed E-state index contributed by atoms with van der Waals surface area (Å²) in [7, 11) is 0. The van der Waals surface area contributed by atoms with Gasteiger partial charge in [0.15, 0.2) is 0 Å². The number of nitriles is 1. The van der Waals surface area contributed by atoms with Gasteiger partial charge >= 0.3 is 0 Å². The molecule has 0 amide bonds. The molecule has 0 unspecified atom stereocenters. The van der Waals surface area contributed by atoms with Crippen molar-refractivity contribution in [2.24, 2.45) is 0 Å². The summed E-state index contributed by atoms with van der Waals surface area (Å²) in [4.78, 5) is 10.3. The number of nitrogens with zero attached hydrogens (tertiary/aromatic N) is 2. The first-order valence-corrected chi connectivity index (χ1v) is 7.79. The molecule has 6 heteroatoms. The van der Waals surface area contributed by atoms with Crippen LogP contribution in [-0.4, -0.2) is 17.6 Å². The number of rotatable bonds is 4. The lowest BCUT2D eigenvalue weighted by Crippen LogP contribution is -2.30. The van der Waals surface area contributed by atoms with Crippen LogP contribution in [0.5, 0.6) is 0 Å². The fourth-order valence-electron chi connectivity index (χ4n) is 2.91. The van der Waals surface area contributed by atoms with Crippen LogP contribution in [0.4, 0.5) is 11.4 Å². The maximum absolute atomic E-state index is 10.8. The minimum absolute atomic E-state index is 0.0148. The first-order chi connectivity index (χ1) is 11.7. The molecule has 0 bridgehead atoms. The number of hydrogen-bond donors (Lipinski definition) is 1. The van der Waals surface area contributed by atoms with Gasteiger partial charge in [-0.3, -0.25) is 10.1 Å². The number of nitrogens with one attached hydrogen (secondary N) is 1. The molecule has 0 spiro atoms. The Kier molecular flexibility index (Phi) is 4.73. The van der Waals surface area contributed by atoms with Crippen LogP contribution < -0.4 is 5.32 Å². The van der Waals surface area contributed by atoms with Gasteiger partial charge in [0.25, 0.3) is 5.69 Å². The van der Waals surface area contributed by atoms with Gasteiger partial charge < -0.3 is 10.1 Å². The van der Waals surface area contributed by atoms with Gasteiger partial charge in [-0.25, -0.2) is 0 Å². The van der Waals surface area contributed by atoms with Crippen molar-refractivity contribution in [1.29, 1.82) is 5.26 Å². The number of hydrogen-bond acceptors (Lipinski definition) is 5. The highest BCUT2D eigenvalue weighted by molar-refractivity contribution is 5.61. The van der Waals surface area contributed by atoms with Gasteiger partial charge in [0, 0.05) is 24.8 Å². The third-order valence-corrected chi connectivity index (χ3v) is 4.15. The van der Waals surface area contributed by atoms with Crippen LogP contribution in [0, 0.1) is 21.4 Å². The molecular formula is C18H17N3O3. The molecular weight excluding hydrogens is 306 g/mol. The zero-order valence-corrected chi connectivity index (χ0v) is 13.0. The Hall–Kier alpha value is -2.91. The minimum Gasteiger partial charge on any atom is -0.381 e. The van der Waals surface area contributed by atoms with Crippen molar-refractivity contribution in [3.8, 4) is 6.07 Å². The first kappa shape index (κ1) is 16.0. The molecule has 0 aliphatic carbocycles. The van der Waals surface area contributed by atoms with E-state index in [9.17, 15) is 15.4 Å². The normalized spacial score (nSPS) is 20.1. The van der Waals surface area contributed by atoms with Crippen molar-refractivity contribution >= 4 is 11.4 Å². The predicted molar refractivity (Wildman–Crippen MR) is 89.6 cm³/mol. The number of anilines is 1. The van der Waals surface area contributed by atoms with E-state index in [4.69, 9.17) is 4.74 Å². The minimum atomic E-state index is -0.496. The van der Waals surface area contributed by atoms with Crippen LogP contribution in [0.1, 0.15) is 30.1 Å². The second-order valence-corrected chi connectivity index (χ2v) is 5.73. The zero-order valence-electron chi connectivity index (χ0n) is 13.0. The van der Waals surface area contributed by atoms with Gasteiger partial charge in [-0.15, -0.1) is 0 Å². The molecule has 1 aliphatic heterocycles. The molecule has 1 N–H and O–H groups in total. The molecule has 24 heavy (non-hydrogen) atoms. The molecule has 1 aliphatic rings. The molecule has 3 rings (SSSR count). The molecule has 0 radical (unpaired) electrons. The van der Waals surface area contributed by atoms with Gasteiger partial charge in [-0.1, -0.05) is 30.3 Å². The summed E-state index contributed by atoms with van der Waals surface area (Å²) in [5, 5.41) is 23.4. The van der Waals surface area contributed by atoms with E-state index in [2.05, 4.69) is 5.32 Å². The highest BCUT2D eigenvalue weighted by Gasteiger charge is 2.24. The van der Waals surface area contributed by atoms with E-state index < -0.39 is 4.92 Å². The van der Waals surface area contributed by atoms with E-state index >= 15 is 0 Å². The molecule has 1 fully saturated rings. The van der Waals surface area contributed by atoms with E-state index in [1.165, 1.54) is 12.1 Å². The predicted octanol–water partition coefficient (Wildman–Crippen LogP) is 3.80. The van der Waals surface area contributed by atoms with Crippen LogP contribution in [-0.2, 0) is 4.74 Å². The summed E-state index contributed by atoms with van der Waals surface area (Å²) in [6, 6.07) is 16.5. The molecule has 1 saturated heterocycles. The number of nitro benzene ring substituents is 1. The maximum atomic E-state index is 10.8. The van der Waals surface area contributed by atoms with E-state index in [1.807, 2.05) is 36.4 Å². The average molecular weight is 323 g/mol. The maximum Gasteiger partial charge on any atom is 0.270 e. The summed E-state index contributed by atoms with van der Waals surface area (Å²) in [5.74, 6) is 0. The van der Waals surface area contributed by atoms with Crippen molar-refractivity contribution in [2.75, 3.05) is 11.9 Å². The second-order valence-electron chi connectivity index (χ2n) is 5.73. The smallest absolute Gasteiger partial charge is 0.270 e. The Morgan fingerprint density at radius 2 is 2.04 bits per heavy atom. The van der Waals surface area contributed by atoms with Crippen molar-refractivity contribution in [3.05, 3.63) is 69.8 Å². The number of nitro groups is 1. The zero-order chi connectivity index (χ0) is 16.9. The number of non-ortho nitro benzene ring substituents is 1. The van der Waals surface area contributed by atoms with Gasteiger partial charge in [-0.2, -0.15) is 5.26 Å². The molecule has 2 aromatic carbocycles. The van der Waals surface area contributed by atoms with Crippen LogP contribution >= 0.6 is 0 Å². The van der Waals surface area contributed by atoms with Crippen molar-refractivity contribution < 1.29 is 9.66 Å². The molecule has 1 heterocycles. The largest absolute Gasteiger partial charge is 0.381 e. The van der Waals surface area contributed by atoms with Crippen LogP contribution in [0.2, 0.25) is 0 Å². The van der Waals surface area contributed by atoms with Gasteiger partial charge in [0.1, 0.15) is 6.07 Å². The van der Waals surface area contributed by atoms with Gasteiger partial charge in [0.05, 0.1) is 22.3 Å². The van der Waals surface area contributed by atoms with Crippen LogP contribution in [0.15, 0.2) is 48.5 Å². The lowest BCUT2D eigenvalue weighted by atomic mass is 9.97. The summed E-state index contributed by atoms with van der Waals surface area (Å²) in [5.41, 5.74) is 1.97. The topological polar surface area (TPSA) is 88.2 Å². The number of ether oxygens (including phenoxy) is 1. The van der Waals surface area contributed by atoms with Crippen molar-refractivity contribution in [1.82, 2.24) is 0 Å². The lowest BCUT2D eigenvalue weighted by molar-refractivity contribution is -0.384. The molecule has 2 aromatic rings. The Bertz CT molecular complexity index is 771. The van der Waals surface area contributed by atoms with Gasteiger partial charge in [0.2, 0.25) is 0 Å².